The molecule has 0 saturated carbocycles. The number of aryl methyl sites for hydroxylation is 1. The summed E-state index contributed by atoms with van der Waals surface area (Å²) in [5, 5.41) is 10.3. The minimum absolute atomic E-state index is 0.00567. The number of halogens is 2. The van der Waals surface area contributed by atoms with Gasteiger partial charge in [-0.1, -0.05) is 19.8 Å². The van der Waals surface area contributed by atoms with Gasteiger partial charge in [0.1, 0.15) is 23.1 Å². The van der Waals surface area contributed by atoms with Crippen molar-refractivity contribution in [2.75, 3.05) is 5.73 Å². The number of imidazole rings is 1. The van der Waals surface area contributed by atoms with Crippen LogP contribution in [0.5, 0.6) is 0 Å². The van der Waals surface area contributed by atoms with Gasteiger partial charge in [0.25, 0.3) is 0 Å². The van der Waals surface area contributed by atoms with Crippen LogP contribution in [0.3, 0.4) is 0 Å². The van der Waals surface area contributed by atoms with E-state index in [1.54, 1.807) is 7.05 Å². The van der Waals surface area contributed by atoms with Crippen LogP contribution in [0.25, 0.3) is 22.6 Å². The van der Waals surface area contributed by atoms with Crippen molar-refractivity contribution in [2.24, 2.45) is 7.05 Å². The highest BCUT2D eigenvalue weighted by atomic mass is 19.1. The van der Waals surface area contributed by atoms with E-state index in [2.05, 4.69) is 26.8 Å². The third-order valence-corrected chi connectivity index (χ3v) is 4.49. The molecule has 140 valence electrons. The van der Waals surface area contributed by atoms with Crippen LogP contribution in [0.2, 0.25) is 0 Å². The van der Waals surface area contributed by atoms with E-state index >= 15 is 0 Å². The number of fused-ring (bicyclic) bond motifs is 1. The molecular formula is C19H19F2N5O. The van der Waals surface area contributed by atoms with Crippen LogP contribution in [0.4, 0.5) is 14.6 Å². The number of nitrogens with zero attached hydrogens (tertiary/aromatic N) is 4. The Morgan fingerprint density at radius 2 is 1.89 bits per heavy atom. The summed E-state index contributed by atoms with van der Waals surface area (Å²) in [7, 11) is 1.62. The number of nitrogen functional groups attached to an aromatic ring is 1. The second-order valence-electron chi connectivity index (χ2n) is 6.21. The van der Waals surface area contributed by atoms with E-state index in [0.717, 1.165) is 18.2 Å². The third kappa shape index (κ3) is 3.46. The fourth-order valence-electron chi connectivity index (χ4n) is 2.65. The summed E-state index contributed by atoms with van der Waals surface area (Å²) >= 11 is 0. The Hall–Kier alpha value is -3.05. The first-order valence-corrected chi connectivity index (χ1v) is 8.49. The zero-order valence-electron chi connectivity index (χ0n) is 15.2. The van der Waals surface area contributed by atoms with Gasteiger partial charge in [-0.3, -0.25) is 0 Å². The molecule has 0 radical (unpaired) electrons. The van der Waals surface area contributed by atoms with Crippen LogP contribution in [-0.2, 0) is 7.05 Å². The van der Waals surface area contributed by atoms with E-state index < -0.39 is 17.2 Å². The predicted octanol–water partition coefficient (Wildman–Crippen LogP) is 2.79. The summed E-state index contributed by atoms with van der Waals surface area (Å²) in [5.74, 6) is 4.67. The lowest BCUT2D eigenvalue weighted by atomic mass is 9.98. The van der Waals surface area contributed by atoms with Crippen LogP contribution in [0, 0.1) is 23.5 Å². The number of rotatable bonds is 3. The van der Waals surface area contributed by atoms with E-state index in [1.165, 1.54) is 4.57 Å². The Morgan fingerprint density at radius 1 is 1.19 bits per heavy atom. The minimum atomic E-state index is -1.13. The van der Waals surface area contributed by atoms with Gasteiger partial charge in [0, 0.05) is 7.05 Å². The summed E-state index contributed by atoms with van der Waals surface area (Å²) in [6.45, 7) is 3.66. The number of hydrogen-bond donors (Lipinski definition) is 2. The van der Waals surface area contributed by atoms with Crippen molar-refractivity contribution in [1.82, 2.24) is 19.5 Å². The molecule has 0 amide bonds. The van der Waals surface area contributed by atoms with Gasteiger partial charge in [0.2, 0.25) is 5.82 Å². The lowest BCUT2D eigenvalue weighted by molar-refractivity contribution is 0.0931. The second kappa shape index (κ2) is 6.93. The summed E-state index contributed by atoms with van der Waals surface area (Å²) in [6, 6.07) is 3.13. The number of hydrogen-bond acceptors (Lipinski definition) is 5. The van der Waals surface area contributed by atoms with Gasteiger partial charge in [0.05, 0.1) is 5.56 Å². The standard InChI is InChI=1S/C19H19F2N5O/c1-4-19(27,5-2)9-8-14-23-16(22)15-18(24-14)26(3)17(25-15)12-10-11(20)6-7-13(12)21/h6-7,10,27H,4-5H2,1-3H3,(H2,22,23,24). The molecule has 8 heteroatoms. The van der Waals surface area contributed by atoms with Crippen molar-refractivity contribution in [1.29, 1.82) is 0 Å². The molecule has 27 heavy (non-hydrogen) atoms. The smallest absolute Gasteiger partial charge is 0.209 e. The normalized spacial score (nSPS) is 11.5. The van der Waals surface area contributed by atoms with Crippen molar-refractivity contribution < 1.29 is 13.9 Å². The molecule has 0 aliphatic heterocycles. The molecule has 0 fully saturated rings. The van der Waals surface area contributed by atoms with E-state index in [9.17, 15) is 13.9 Å². The van der Waals surface area contributed by atoms with Crippen molar-refractivity contribution in [3.05, 3.63) is 35.7 Å². The lowest BCUT2D eigenvalue weighted by Crippen LogP contribution is -2.23. The Bertz CT molecular complexity index is 1080. The van der Waals surface area contributed by atoms with Crippen LogP contribution >= 0.6 is 0 Å². The highest BCUT2D eigenvalue weighted by Gasteiger charge is 2.20. The lowest BCUT2D eigenvalue weighted by Gasteiger charge is -2.16. The molecule has 2 aromatic heterocycles. The number of aliphatic hydroxyl groups is 1. The maximum atomic E-state index is 14.1. The van der Waals surface area contributed by atoms with Gasteiger partial charge >= 0.3 is 0 Å². The number of nitrogens with two attached hydrogens (primary N) is 1. The summed E-state index contributed by atoms with van der Waals surface area (Å²) in [6.07, 6.45) is 0.922. The van der Waals surface area contributed by atoms with Gasteiger partial charge in [-0.05, 0) is 37.0 Å². The first-order chi connectivity index (χ1) is 12.8. The van der Waals surface area contributed by atoms with E-state index in [4.69, 9.17) is 5.73 Å². The van der Waals surface area contributed by atoms with Crippen molar-refractivity contribution in [3.8, 4) is 23.2 Å². The maximum Gasteiger partial charge on any atom is 0.209 e. The highest BCUT2D eigenvalue weighted by Crippen LogP contribution is 2.27. The average Bonchev–Trinajstić information content (AvgIpc) is 2.99. The Balaban J connectivity index is 2.16. The Kier molecular flexibility index (Phi) is 4.81. The molecule has 0 aliphatic rings. The zero-order chi connectivity index (χ0) is 19.8. The number of benzene rings is 1. The first-order valence-electron chi connectivity index (χ1n) is 8.49. The predicted molar refractivity (Wildman–Crippen MR) is 98.5 cm³/mol. The molecule has 0 unspecified atom stereocenters. The zero-order valence-corrected chi connectivity index (χ0v) is 15.2. The molecule has 3 aromatic rings. The fraction of sp³-hybridized carbons (Fsp3) is 0.316. The summed E-state index contributed by atoms with van der Waals surface area (Å²) < 4.78 is 29.2. The van der Waals surface area contributed by atoms with Crippen LogP contribution in [0.15, 0.2) is 18.2 Å². The highest BCUT2D eigenvalue weighted by molar-refractivity contribution is 5.85. The maximum absolute atomic E-state index is 14.1. The molecule has 0 spiro atoms. The van der Waals surface area contributed by atoms with Gasteiger partial charge in [-0.25, -0.2) is 23.7 Å². The van der Waals surface area contributed by atoms with Gasteiger partial charge < -0.3 is 15.4 Å². The van der Waals surface area contributed by atoms with Crippen molar-refractivity contribution in [3.63, 3.8) is 0 Å². The van der Waals surface area contributed by atoms with Gasteiger partial charge in [-0.2, -0.15) is 0 Å². The minimum Gasteiger partial charge on any atom is -0.382 e. The van der Waals surface area contributed by atoms with Crippen molar-refractivity contribution in [2.45, 2.75) is 32.3 Å². The fourth-order valence-corrected chi connectivity index (χ4v) is 2.65. The first kappa shape index (κ1) is 18.7. The summed E-state index contributed by atoms with van der Waals surface area (Å²) in [5.41, 5.74) is 5.43. The number of aromatic nitrogens is 4. The van der Waals surface area contributed by atoms with Crippen molar-refractivity contribution >= 4 is 17.0 Å². The monoisotopic (exact) mass is 371 g/mol. The molecule has 0 saturated heterocycles. The van der Waals surface area contributed by atoms with Crippen LogP contribution < -0.4 is 5.73 Å². The van der Waals surface area contributed by atoms with Crippen LogP contribution in [-0.4, -0.2) is 30.2 Å². The largest absolute Gasteiger partial charge is 0.382 e. The van der Waals surface area contributed by atoms with Gasteiger partial charge in [0.15, 0.2) is 17.0 Å². The van der Waals surface area contributed by atoms with E-state index in [0.29, 0.717) is 18.5 Å². The molecule has 3 rings (SSSR count). The molecule has 0 aliphatic carbocycles. The number of anilines is 1. The SMILES string of the molecule is CCC(O)(C#Cc1nc(N)c2nc(-c3cc(F)ccc3F)n(C)c2n1)CC. The van der Waals surface area contributed by atoms with E-state index in [-0.39, 0.29) is 28.5 Å². The molecule has 0 bridgehead atoms. The molecule has 0 atom stereocenters. The summed E-state index contributed by atoms with van der Waals surface area (Å²) in [4.78, 5) is 12.7. The quantitative estimate of drug-likeness (QED) is 0.691. The molecule has 1 aromatic carbocycles. The molecular weight excluding hydrogens is 352 g/mol. The molecule has 2 heterocycles. The van der Waals surface area contributed by atoms with Gasteiger partial charge in [-0.15, -0.1) is 0 Å². The average molecular weight is 371 g/mol. The van der Waals surface area contributed by atoms with Crippen LogP contribution in [0.1, 0.15) is 32.5 Å². The Morgan fingerprint density at radius 3 is 2.56 bits per heavy atom. The van der Waals surface area contributed by atoms with E-state index in [1.807, 2.05) is 13.8 Å². The molecule has 6 nitrogen and oxygen atoms in total. The topological polar surface area (TPSA) is 89.9 Å². The third-order valence-electron chi connectivity index (χ3n) is 4.49. The Labute approximate surface area is 155 Å². The second-order valence-corrected chi connectivity index (χ2v) is 6.21. The molecule has 3 N–H and O–H groups in total.